The Hall–Kier alpha value is -5.27. The van der Waals surface area contributed by atoms with Crippen LogP contribution in [0.2, 0.25) is 0 Å². The van der Waals surface area contributed by atoms with Gasteiger partial charge in [-0.2, -0.15) is 0 Å². The molecule has 18 nitrogen and oxygen atoms in total. The first-order chi connectivity index (χ1) is 26.3. The molecule has 4 aliphatic rings. The van der Waals surface area contributed by atoms with Gasteiger partial charge in [0.1, 0.15) is 35.6 Å². The number of carbonyl (C=O) groups is 7. The van der Waals surface area contributed by atoms with Crippen LogP contribution in [0.25, 0.3) is 0 Å². The summed E-state index contributed by atoms with van der Waals surface area (Å²) in [6.45, 7) is 8.94. The van der Waals surface area contributed by atoms with Crippen LogP contribution in [0.5, 0.6) is 0 Å². The monoisotopic (exact) mass is 806 g/mol. The van der Waals surface area contributed by atoms with Gasteiger partial charge in [0.15, 0.2) is 6.10 Å². The second-order valence-corrected chi connectivity index (χ2v) is 17.2. The highest BCUT2D eigenvalue weighted by atomic mass is 32.2. The van der Waals surface area contributed by atoms with Gasteiger partial charge >= 0.3 is 18.2 Å². The van der Waals surface area contributed by atoms with Crippen LogP contribution in [0.4, 0.5) is 14.0 Å². The largest absolute Gasteiger partial charge is 0.452 e. The number of hydrogen-bond donors (Lipinski definition) is 4. The maximum Gasteiger partial charge on any atom is 0.410 e. The zero-order valence-corrected chi connectivity index (χ0v) is 32.3. The van der Waals surface area contributed by atoms with Crippen LogP contribution in [0, 0.1) is 11.7 Å². The molecule has 2 unspecified atom stereocenters. The predicted octanol–water partition coefficient (Wildman–Crippen LogP) is 0.878. The SMILES string of the molecule is C=C[C@H](C)C(NC(=O)[C@@H]1CC(OC(=O)N2Cc3cccc(F)c3C2)CN1C(=O)[C@H](CNC(=O)[C@H]1CCC(=O)O1)NC(=O)OC(C)(C)C)C(=O)NS(=O)(=O)C1CC1. The summed E-state index contributed by atoms with van der Waals surface area (Å²) in [6, 6.07) is -0.0587. The van der Waals surface area contributed by atoms with E-state index in [0.29, 0.717) is 24.0 Å². The Balaban J connectivity index is 1.39. The first-order valence-electron chi connectivity index (χ1n) is 18.2. The molecule has 6 atom stereocenters. The molecule has 4 N–H and O–H groups in total. The Morgan fingerprint density at radius 3 is 2.39 bits per heavy atom. The molecule has 306 valence electrons. The number of hydrogen-bond acceptors (Lipinski definition) is 12. The number of fused-ring (bicyclic) bond motifs is 1. The Morgan fingerprint density at radius 1 is 1.07 bits per heavy atom. The minimum atomic E-state index is -4.01. The van der Waals surface area contributed by atoms with Gasteiger partial charge in [0.05, 0.1) is 18.3 Å². The number of halogens is 1. The molecular weight excluding hydrogens is 759 g/mol. The summed E-state index contributed by atoms with van der Waals surface area (Å²) < 4.78 is 57.7. The highest BCUT2D eigenvalue weighted by Gasteiger charge is 2.46. The molecule has 5 rings (SSSR count). The molecule has 3 aliphatic heterocycles. The number of ether oxygens (including phenoxy) is 3. The normalized spacial score (nSPS) is 22.2. The second kappa shape index (κ2) is 16.8. The minimum Gasteiger partial charge on any atom is -0.452 e. The number of carbonyl (C=O) groups excluding carboxylic acids is 7. The number of nitrogens with zero attached hydrogens (tertiary/aromatic N) is 2. The maximum absolute atomic E-state index is 14.4. The number of nitrogens with one attached hydrogen (secondary N) is 4. The lowest BCUT2D eigenvalue weighted by Gasteiger charge is -2.31. The number of sulfonamides is 1. The second-order valence-electron chi connectivity index (χ2n) is 15.2. The molecule has 1 saturated carbocycles. The highest BCUT2D eigenvalue weighted by molar-refractivity contribution is 7.90. The van der Waals surface area contributed by atoms with Crippen molar-refractivity contribution >= 4 is 51.8 Å². The van der Waals surface area contributed by atoms with E-state index in [1.54, 1.807) is 26.8 Å². The van der Waals surface area contributed by atoms with Gasteiger partial charge in [-0.15, -0.1) is 6.58 Å². The zero-order valence-electron chi connectivity index (χ0n) is 31.5. The third-order valence-electron chi connectivity index (χ3n) is 9.63. The van der Waals surface area contributed by atoms with Crippen molar-refractivity contribution in [2.45, 2.75) is 114 Å². The lowest BCUT2D eigenvalue weighted by Crippen LogP contribution is -2.59. The number of benzene rings is 1. The molecule has 56 heavy (non-hydrogen) atoms. The Morgan fingerprint density at radius 2 is 1.79 bits per heavy atom. The summed E-state index contributed by atoms with van der Waals surface area (Å²) in [5, 5.41) is 6.67. The fourth-order valence-corrected chi connectivity index (χ4v) is 7.80. The number of cyclic esters (lactones) is 1. The minimum absolute atomic E-state index is 0.00966. The van der Waals surface area contributed by atoms with Crippen LogP contribution < -0.4 is 20.7 Å². The summed E-state index contributed by atoms with van der Waals surface area (Å²) in [7, 11) is -4.01. The lowest BCUT2D eigenvalue weighted by atomic mass is 10.0. The number of likely N-dealkylation sites (tertiary alicyclic amines) is 1. The highest BCUT2D eigenvalue weighted by Crippen LogP contribution is 2.29. The Kier molecular flexibility index (Phi) is 12.6. The van der Waals surface area contributed by atoms with Crippen LogP contribution in [0.3, 0.4) is 0 Å². The van der Waals surface area contributed by atoms with E-state index in [1.165, 1.54) is 30.0 Å². The van der Waals surface area contributed by atoms with Crippen molar-refractivity contribution in [3.05, 3.63) is 47.8 Å². The number of alkyl carbamates (subject to hydrolysis) is 1. The lowest BCUT2D eigenvalue weighted by molar-refractivity contribution is -0.148. The van der Waals surface area contributed by atoms with E-state index in [2.05, 4.69) is 22.5 Å². The van der Waals surface area contributed by atoms with Crippen LogP contribution in [-0.4, -0.2) is 114 Å². The van der Waals surface area contributed by atoms with E-state index in [0.717, 1.165) is 4.90 Å². The van der Waals surface area contributed by atoms with Crippen LogP contribution in [0.1, 0.15) is 70.9 Å². The van der Waals surface area contributed by atoms with E-state index in [-0.39, 0.29) is 32.4 Å². The summed E-state index contributed by atoms with van der Waals surface area (Å²) in [4.78, 5) is 94.8. The van der Waals surface area contributed by atoms with Gasteiger partial charge in [0, 0.05) is 43.8 Å². The zero-order chi connectivity index (χ0) is 41.1. The van der Waals surface area contributed by atoms with Gasteiger partial charge in [-0.25, -0.2) is 22.4 Å². The molecular formula is C36H47FN6O12S. The van der Waals surface area contributed by atoms with E-state index in [4.69, 9.17) is 14.2 Å². The number of esters is 1. The number of amides is 6. The molecule has 0 radical (unpaired) electrons. The fraction of sp³-hybridized carbons (Fsp3) is 0.583. The molecule has 6 amide bonds. The third-order valence-corrected chi connectivity index (χ3v) is 11.5. The van der Waals surface area contributed by atoms with Gasteiger partial charge in [0.25, 0.3) is 11.8 Å². The summed E-state index contributed by atoms with van der Waals surface area (Å²) in [5.41, 5.74) is -0.103. The molecule has 2 saturated heterocycles. The van der Waals surface area contributed by atoms with Gasteiger partial charge in [-0.05, 0) is 45.2 Å². The average molecular weight is 807 g/mol. The van der Waals surface area contributed by atoms with E-state index < -0.39 is 118 Å². The number of rotatable bonds is 13. The first-order valence-corrected chi connectivity index (χ1v) is 19.8. The molecule has 1 aliphatic carbocycles. The van der Waals surface area contributed by atoms with Crippen molar-refractivity contribution in [2.75, 3.05) is 13.1 Å². The first kappa shape index (κ1) is 41.9. The standard InChI is InChI=1S/C36H47FN6O12S/c1-6-19(2)29(32(47)41-56(51,52)22-10-11-22)40-30(45)26-14-21(53-35(50)42-16-20-8-7-9-24(37)23(20)18-42)17-43(26)33(48)25(39-34(49)55-36(3,4)5)15-38-31(46)27-12-13-28(44)54-27/h6-9,19,21-22,25-27,29H,1,10-18H2,2-5H3,(H,38,46)(H,39,49)(H,40,45)(H,41,47)/t19-,21?,25-,26-,27+,29?/m0/s1. The summed E-state index contributed by atoms with van der Waals surface area (Å²) >= 11 is 0. The fourth-order valence-electron chi connectivity index (χ4n) is 6.47. The molecule has 0 spiro atoms. The van der Waals surface area contributed by atoms with Crippen LogP contribution >= 0.6 is 0 Å². The molecule has 3 heterocycles. The molecule has 20 heteroatoms. The van der Waals surface area contributed by atoms with Crippen molar-refractivity contribution in [1.29, 1.82) is 0 Å². The smallest absolute Gasteiger partial charge is 0.410 e. The predicted molar refractivity (Wildman–Crippen MR) is 193 cm³/mol. The molecule has 0 bridgehead atoms. The quantitative estimate of drug-likeness (QED) is 0.124. The van der Waals surface area contributed by atoms with Crippen molar-refractivity contribution in [2.24, 2.45) is 5.92 Å². The van der Waals surface area contributed by atoms with E-state index >= 15 is 0 Å². The van der Waals surface area contributed by atoms with Gasteiger partial charge in [0.2, 0.25) is 21.8 Å². The van der Waals surface area contributed by atoms with Crippen molar-refractivity contribution < 1.29 is 60.6 Å². The summed E-state index contributed by atoms with van der Waals surface area (Å²) in [5.74, 6) is -5.50. The van der Waals surface area contributed by atoms with Gasteiger partial charge < -0.3 is 35.1 Å². The average Bonchev–Trinajstić information content (AvgIpc) is 3.54. The molecule has 1 aromatic carbocycles. The van der Waals surface area contributed by atoms with Crippen molar-refractivity contribution in [1.82, 2.24) is 30.5 Å². The van der Waals surface area contributed by atoms with Crippen LogP contribution in [-0.2, 0) is 61.3 Å². The van der Waals surface area contributed by atoms with E-state index in [1.807, 2.05) is 4.72 Å². The van der Waals surface area contributed by atoms with Gasteiger partial charge in [-0.1, -0.05) is 25.1 Å². The maximum atomic E-state index is 14.4. The van der Waals surface area contributed by atoms with Crippen molar-refractivity contribution in [3.63, 3.8) is 0 Å². The van der Waals surface area contributed by atoms with E-state index in [9.17, 15) is 46.4 Å². The topological polar surface area (TPSA) is 236 Å². The summed E-state index contributed by atoms with van der Waals surface area (Å²) in [6.07, 6.45) is -2.29. The molecule has 0 aromatic heterocycles. The van der Waals surface area contributed by atoms with Gasteiger partial charge in [-0.3, -0.25) is 33.6 Å². The molecule has 1 aromatic rings. The Bertz CT molecular complexity index is 1880. The molecule has 3 fully saturated rings. The van der Waals surface area contributed by atoms with Crippen molar-refractivity contribution in [3.8, 4) is 0 Å². The Labute approximate surface area is 323 Å². The van der Waals surface area contributed by atoms with Crippen LogP contribution in [0.15, 0.2) is 30.9 Å². The third kappa shape index (κ3) is 10.3.